The Bertz CT molecular complexity index is 513. The standard InChI is InChI=1S/C17H25FN2O.ClH/c1-16(2,13-7-6-8-14(18)11-13)12-20-15(21)17(19)9-4-3-5-10-17;/h6-8,11H,3-5,9-10,12,19H2,1-2H3,(H,20,21);1H. The number of carbonyl (C=O) groups excluding carboxylic acids is 1. The lowest BCUT2D eigenvalue weighted by Gasteiger charge is -2.34. The third-order valence-corrected chi connectivity index (χ3v) is 4.49. The molecule has 1 amide bonds. The van der Waals surface area contributed by atoms with Crippen molar-refractivity contribution in [1.29, 1.82) is 0 Å². The second kappa shape index (κ2) is 7.42. The average Bonchev–Trinajstić information content (AvgIpc) is 2.45. The number of amides is 1. The molecule has 0 saturated heterocycles. The second-order valence-corrected chi connectivity index (χ2v) is 6.79. The maximum absolute atomic E-state index is 13.3. The Hall–Kier alpha value is -1.13. The summed E-state index contributed by atoms with van der Waals surface area (Å²) in [6, 6.07) is 6.52. The number of nitrogens with one attached hydrogen (secondary N) is 1. The second-order valence-electron chi connectivity index (χ2n) is 6.79. The Balaban J connectivity index is 0.00000242. The minimum atomic E-state index is -0.726. The van der Waals surface area contributed by atoms with E-state index < -0.39 is 5.54 Å². The minimum absolute atomic E-state index is 0. The van der Waals surface area contributed by atoms with Crippen molar-refractivity contribution < 1.29 is 9.18 Å². The van der Waals surface area contributed by atoms with Crippen LogP contribution in [0.4, 0.5) is 4.39 Å². The van der Waals surface area contributed by atoms with Gasteiger partial charge in [-0.2, -0.15) is 0 Å². The summed E-state index contributed by atoms with van der Waals surface area (Å²) in [5.41, 5.74) is 6.04. The van der Waals surface area contributed by atoms with Crippen molar-refractivity contribution in [1.82, 2.24) is 5.32 Å². The van der Waals surface area contributed by atoms with Gasteiger partial charge in [0.1, 0.15) is 5.82 Å². The molecule has 0 aromatic heterocycles. The summed E-state index contributed by atoms with van der Waals surface area (Å²) in [5.74, 6) is -0.332. The molecule has 0 unspecified atom stereocenters. The van der Waals surface area contributed by atoms with Gasteiger partial charge in [0.05, 0.1) is 5.54 Å². The first-order valence-corrected chi connectivity index (χ1v) is 7.67. The lowest BCUT2D eigenvalue weighted by atomic mass is 9.80. The van der Waals surface area contributed by atoms with E-state index in [-0.39, 0.29) is 29.5 Å². The van der Waals surface area contributed by atoms with Gasteiger partial charge in [-0.05, 0) is 30.5 Å². The van der Waals surface area contributed by atoms with Crippen molar-refractivity contribution >= 4 is 18.3 Å². The number of benzene rings is 1. The summed E-state index contributed by atoms with van der Waals surface area (Å²) >= 11 is 0. The van der Waals surface area contributed by atoms with Gasteiger partial charge >= 0.3 is 0 Å². The van der Waals surface area contributed by atoms with E-state index in [4.69, 9.17) is 5.73 Å². The predicted octanol–water partition coefficient (Wildman–Crippen LogP) is 3.30. The summed E-state index contributed by atoms with van der Waals surface area (Å²) in [6.45, 7) is 4.44. The van der Waals surface area contributed by atoms with Crippen molar-refractivity contribution in [2.24, 2.45) is 5.73 Å². The largest absolute Gasteiger partial charge is 0.354 e. The van der Waals surface area contributed by atoms with Gasteiger partial charge in [0.15, 0.2) is 0 Å². The highest BCUT2D eigenvalue weighted by Gasteiger charge is 2.36. The number of hydrogen-bond acceptors (Lipinski definition) is 2. The van der Waals surface area contributed by atoms with Gasteiger partial charge in [-0.25, -0.2) is 4.39 Å². The van der Waals surface area contributed by atoms with Crippen molar-refractivity contribution in [3.8, 4) is 0 Å². The summed E-state index contributed by atoms with van der Waals surface area (Å²) in [5, 5.41) is 2.96. The number of nitrogens with two attached hydrogens (primary N) is 1. The Morgan fingerprint density at radius 3 is 2.55 bits per heavy atom. The van der Waals surface area contributed by atoms with Crippen molar-refractivity contribution in [3.63, 3.8) is 0 Å². The molecule has 0 bridgehead atoms. The molecule has 1 aliphatic rings. The Labute approximate surface area is 138 Å². The maximum Gasteiger partial charge on any atom is 0.240 e. The van der Waals surface area contributed by atoms with Crippen LogP contribution in [-0.4, -0.2) is 18.0 Å². The van der Waals surface area contributed by atoms with Crippen molar-refractivity contribution in [2.75, 3.05) is 6.54 Å². The average molecular weight is 329 g/mol. The van der Waals surface area contributed by atoms with Crippen LogP contribution in [-0.2, 0) is 10.2 Å². The van der Waals surface area contributed by atoms with E-state index in [2.05, 4.69) is 5.32 Å². The zero-order valence-electron chi connectivity index (χ0n) is 13.3. The quantitative estimate of drug-likeness (QED) is 0.891. The van der Waals surface area contributed by atoms with Crippen LogP contribution in [0.3, 0.4) is 0 Å². The molecule has 0 aliphatic heterocycles. The zero-order chi connectivity index (χ0) is 15.5. The molecule has 1 saturated carbocycles. The van der Waals surface area contributed by atoms with Crippen LogP contribution in [0.2, 0.25) is 0 Å². The van der Waals surface area contributed by atoms with Crippen LogP contribution in [0.1, 0.15) is 51.5 Å². The maximum atomic E-state index is 13.3. The highest BCUT2D eigenvalue weighted by Crippen LogP contribution is 2.27. The Kier molecular flexibility index (Phi) is 6.38. The van der Waals surface area contributed by atoms with E-state index in [0.29, 0.717) is 6.54 Å². The van der Waals surface area contributed by atoms with E-state index in [0.717, 1.165) is 37.7 Å². The van der Waals surface area contributed by atoms with Gasteiger partial charge in [-0.15, -0.1) is 12.4 Å². The smallest absolute Gasteiger partial charge is 0.240 e. The predicted molar refractivity (Wildman–Crippen MR) is 89.7 cm³/mol. The first kappa shape index (κ1) is 18.9. The van der Waals surface area contributed by atoms with Crippen molar-refractivity contribution in [2.45, 2.75) is 56.9 Å². The molecule has 1 fully saturated rings. The third kappa shape index (κ3) is 4.43. The molecule has 1 aromatic rings. The van der Waals surface area contributed by atoms with E-state index >= 15 is 0 Å². The van der Waals surface area contributed by atoms with Gasteiger partial charge in [0.2, 0.25) is 5.91 Å². The Morgan fingerprint density at radius 2 is 1.95 bits per heavy atom. The van der Waals surface area contributed by atoms with Crippen LogP contribution in [0, 0.1) is 5.82 Å². The Morgan fingerprint density at radius 1 is 1.32 bits per heavy atom. The molecule has 0 heterocycles. The lowest BCUT2D eigenvalue weighted by molar-refractivity contribution is -0.127. The van der Waals surface area contributed by atoms with E-state index in [9.17, 15) is 9.18 Å². The molecule has 1 aliphatic carbocycles. The summed E-state index contributed by atoms with van der Waals surface area (Å²) in [6.07, 6.45) is 4.67. The SMILES string of the molecule is CC(C)(CNC(=O)C1(N)CCCCC1)c1cccc(F)c1.Cl. The molecule has 0 spiro atoms. The molecule has 3 N–H and O–H groups in total. The normalized spacial score (nSPS) is 17.5. The number of hydrogen-bond donors (Lipinski definition) is 2. The first-order valence-electron chi connectivity index (χ1n) is 7.67. The minimum Gasteiger partial charge on any atom is -0.354 e. The molecule has 22 heavy (non-hydrogen) atoms. The summed E-state index contributed by atoms with van der Waals surface area (Å²) in [4.78, 5) is 12.4. The van der Waals surface area contributed by atoms with Gasteiger partial charge in [0, 0.05) is 12.0 Å². The molecule has 5 heteroatoms. The molecule has 0 radical (unpaired) electrons. The lowest BCUT2D eigenvalue weighted by Crippen LogP contribution is -2.56. The summed E-state index contributed by atoms with van der Waals surface area (Å²) in [7, 11) is 0. The molecule has 124 valence electrons. The summed E-state index contributed by atoms with van der Waals surface area (Å²) < 4.78 is 13.3. The molecule has 1 aromatic carbocycles. The van der Waals surface area contributed by atoms with Crippen LogP contribution < -0.4 is 11.1 Å². The fraction of sp³-hybridized carbons (Fsp3) is 0.588. The van der Waals surface area contributed by atoms with Crippen LogP contribution in [0.25, 0.3) is 0 Å². The van der Waals surface area contributed by atoms with E-state index in [1.54, 1.807) is 6.07 Å². The van der Waals surface area contributed by atoms with Gasteiger partial charge in [-0.1, -0.05) is 45.2 Å². The molecular weight excluding hydrogens is 303 g/mol. The topological polar surface area (TPSA) is 55.1 Å². The van der Waals surface area contributed by atoms with E-state index in [1.807, 2.05) is 19.9 Å². The molecular formula is C17H26ClFN2O. The van der Waals surface area contributed by atoms with Crippen LogP contribution >= 0.6 is 12.4 Å². The van der Waals surface area contributed by atoms with Crippen LogP contribution in [0.5, 0.6) is 0 Å². The zero-order valence-corrected chi connectivity index (χ0v) is 14.1. The first-order chi connectivity index (χ1) is 9.83. The van der Waals surface area contributed by atoms with Gasteiger partial charge < -0.3 is 11.1 Å². The van der Waals surface area contributed by atoms with E-state index in [1.165, 1.54) is 12.1 Å². The third-order valence-electron chi connectivity index (χ3n) is 4.49. The molecule has 2 rings (SSSR count). The monoisotopic (exact) mass is 328 g/mol. The van der Waals surface area contributed by atoms with Crippen molar-refractivity contribution in [3.05, 3.63) is 35.6 Å². The number of rotatable bonds is 4. The van der Waals surface area contributed by atoms with Crippen LogP contribution in [0.15, 0.2) is 24.3 Å². The van der Waals surface area contributed by atoms with Gasteiger partial charge in [0.25, 0.3) is 0 Å². The fourth-order valence-corrected chi connectivity index (χ4v) is 2.90. The molecule has 3 nitrogen and oxygen atoms in total. The number of halogens is 2. The van der Waals surface area contributed by atoms with Gasteiger partial charge in [-0.3, -0.25) is 4.79 Å². The highest BCUT2D eigenvalue weighted by molar-refractivity contribution is 5.86. The fourth-order valence-electron chi connectivity index (χ4n) is 2.90. The number of carbonyl (C=O) groups is 1. The highest BCUT2D eigenvalue weighted by atomic mass is 35.5. The molecule has 0 atom stereocenters.